The summed E-state index contributed by atoms with van der Waals surface area (Å²) in [7, 11) is 0. The fourth-order valence-corrected chi connectivity index (χ4v) is 5.20. The normalized spacial score (nSPS) is 29.7. The zero-order valence-corrected chi connectivity index (χ0v) is 15.6. The van der Waals surface area contributed by atoms with Crippen LogP contribution in [0.1, 0.15) is 35.7 Å². The van der Waals surface area contributed by atoms with Crippen molar-refractivity contribution in [3.63, 3.8) is 0 Å². The average Bonchev–Trinajstić information content (AvgIpc) is 3.07. The molecule has 4 aliphatic rings. The van der Waals surface area contributed by atoms with Crippen LogP contribution in [-0.4, -0.2) is 47.0 Å². The number of hydrogen-bond acceptors (Lipinski definition) is 5. The van der Waals surface area contributed by atoms with Gasteiger partial charge < -0.3 is 15.0 Å². The standard InChI is InChI=1S/C21H25N3O3/c1-13(25)27-12-16-3-2-15-10-22-19(18-11-23-7-4-14(18)5-8-23)21(26)24-9-6-17(16)20(15)24/h2-3,6,9,14,18-19,22H,4-5,7-8,10-12H2,1H3/t18?,19-/m0/s1. The maximum absolute atomic E-state index is 13.4. The van der Waals surface area contributed by atoms with E-state index in [1.165, 1.54) is 32.9 Å². The predicted octanol–water partition coefficient (Wildman–Crippen LogP) is 2.16. The van der Waals surface area contributed by atoms with Crippen LogP contribution in [0, 0.1) is 11.8 Å². The Morgan fingerprint density at radius 2 is 2.07 bits per heavy atom. The van der Waals surface area contributed by atoms with Gasteiger partial charge in [-0.15, -0.1) is 0 Å². The maximum Gasteiger partial charge on any atom is 0.302 e. The molecule has 1 unspecified atom stereocenters. The Morgan fingerprint density at radius 1 is 1.26 bits per heavy atom. The van der Waals surface area contributed by atoms with Gasteiger partial charge in [0.15, 0.2) is 0 Å². The highest BCUT2D eigenvalue weighted by molar-refractivity contribution is 5.98. The molecule has 27 heavy (non-hydrogen) atoms. The van der Waals surface area contributed by atoms with E-state index in [1.54, 1.807) is 0 Å². The molecule has 0 aliphatic carbocycles. The van der Waals surface area contributed by atoms with Crippen molar-refractivity contribution in [3.05, 3.63) is 35.5 Å². The number of nitrogens with zero attached hydrogens (tertiary/aromatic N) is 2. The first kappa shape index (κ1) is 17.0. The van der Waals surface area contributed by atoms with E-state index in [9.17, 15) is 9.59 Å². The molecule has 6 nitrogen and oxygen atoms in total. The second-order valence-electron chi connectivity index (χ2n) is 8.11. The van der Waals surface area contributed by atoms with E-state index >= 15 is 0 Å². The lowest BCUT2D eigenvalue weighted by Crippen LogP contribution is -2.57. The first-order valence-corrected chi connectivity index (χ1v) is 9.87. The van der Waals surface area contributed by atoms with Gasteiger partial charge in [-0.3, -0.25) is 14.2 Å². The molecule has 1 N–H and O–H groups in total. The van der Waals surface area contributed by atoms with Gasteiger partial charge in [0.2, 0.25) is 5.91 Å². The largest absolute Gasteiger partial charge is 0.461 e. The van der Waals surface area contributed by atoms with Crippen LogP contribution < -0.4 is 5.32 Å². The molecule has 1 aromatic heterocycles. The van der Waals surface area contributed by atoms with E-state index in [2.05, 4.69) is 16.3 Å². The number of rotatable bonds is 3. The SMILES string of the molecule is CC(=O)OCc1ccc2c3c1ccn3C(=O)[C@H](C1CN3CCC1CC3)NC2. The van der Waals surface area contributed by atoms with Crippen LogP contribution in [0.15, 0.2) is 24.4 Å². The van der Waals surface area contributed by atoms with Crippen molar-refractivity contribution in [2.45, 2.75) is 39.0 Å². The van der Waals surface area contributed by atoms with Crippen molar-refractivity contribution in [3.8, 4) is 0 Å². The zero-order valence-electron chi connectivity index (χ0n) is 15.6. The number of piperidine rings is 3. The Bertz CT molecular complexity index is 911. The number of ether oxygens (including phenoxy) is 1. The summed E-state index contributed by atoms with van der Waals surface area (Å²) in [4.78, 5) is 27.1. The highest BCUT2D eigenvalue weighted by atomic mass is 16.5. The van der Waals surface area contributed by atoms with E-state index in [-0.39, 0.29) is 24.5 Å². The third kappa shape index (κ3) is 2.78. The molecule has 0 saturated carbocycles. The van der Waals surface area contributed by atoms with E-state index in [1.807, 2.05) is 22.9 Å². The quantitative estimate of drug-likeness (QED) is 0.843. The summed E-state index contributed by atoms with van der Waals surface area (Å²) in [6, 6.07) is 5.90. The van der Waals surface area contributed by atoms with Gasteiger partial charge in [-0.25, -0.2) is 0 Å². The number of carbonyl (C=O) groups excluding carboxylic acids is 2. The minimum absolute atomic E-state index is 0.141. The van der Waals surface area contributed by atoms with E-state index in [0.29, 0.717) is 18.4 Å². The molecule has 0 amide bonds. The minimum Gasteiger partial charge on any atom is -0.461 e. The van der Waals surface area contributed by atoms with E-state index < -0.39 is 0 Å². The summed E-state index contributed by atoms with van der Waals surface area (Å²) in [6.45, 7) is 5.71. The Balaban J connectivity index is 1.50. The number of carbonyl (C=O) groups is 2. The average molecular weight is 367 g/mol. The zero-order chi connectivity index (χ0) is 18.5. The molecule has 1 aromatic carbocycles. The second kappa shape index (κ2) is 6.46. The number of benzene rings is 1. The molecule has 3 saturated heterocycles. The number of fused-ring (bicyclic) bond motifs is 3. The number of esters is 1. The Kier molecular flexibility index (Phi) is 4.06. The van der Waals surface area contributed by atoms with Gasteiger partial charge in [-0.1, -0.05) is 12.1 Å². The number of hydrogen-bond donors (Lipinski definition) is 1. The van der Waals surface area contributed by atoms with Gasteiger partial charge >= 0.3 is 5.97 Å². The molecule has 142 valence electrons. The van der Waals surface area contributed by atoms with Gasteiger partial charge in [0.05, 0.1) is 11.6 Å². The van der Waals surface area contributed by atoms with Crippen LogP contribution >= 0.6 is 0 Å². The van der Waals surface area contributed by atoms with Crippen molar-refractivity contribution >= 4 is 22.8 Å². The molecule has 2 aromatic rings. The van der Waals surface area contributed by atoms with Gasteiger partial charge in [-0.05, 0) is 55.0 Å². The lowest BCUT2D eigenvalue weighted by molar-refractivity contribution is -0.142. The topological polar surface area (TPSA) is 63.6 Å². The molecule has 0 spiro atoms. The molecular weight excluding hydrogens is 342 g/mol. The third-order valence-corrected chi connectivity index (χ3v) is 6.60. The fraction of sp³-hybridized carbons (Fsp3) is 0.524. The summed E-state index contributed by atoms with van der Waals surface area (Å²) >= 11 is 0. The number of aromatic nitrogens is 1. The Morgan fingerprint density at radius 3 is 2.78 bits per heavy atom. The minimum atomic E-state index is -0.295. The Hall–Kier alpha value is -2.18. The lowest BCUT2D eigenvalue weighted by atomic mass is 9.75. The van der Waals surface area contributed by atoms with Crippen molar-refractivity contribution in [2.75, 3.05) is 19.6 Å². The molecule has 0 radical (unpaired) electrons. The molecule has 3 fully saturated rings. The van der Waals surface area contributed by atoms with Crippen LogP contribution in [0.2, 0.25) is 0 Å². The van der Waals surface area contributed by atoms with Gasteiger partial charge in [0, 0.05) is 31.6 Å². The molecular formula is C21H25N3O3. The first-order valence-electron chi connectivity index (χ1n) is 9.87. The molecule has 4 aliphatic heterocycles. The van der Waals surface area contributed by atoms with Crippen LogP contribution in [0.25, 0.3) is 10.9 Å². The summed E-state index contributed by atoms with van der Waals surface area (Å²) < 4.78 is 7.01. The molecule has 2 bridgehead atoms. The highest BCUT2D eigenvalue weighted by Crippen LogP contribution is 2.36. The van der Waals surface area contributed by atoms with Gasteiger partial charge in [0.25, 0.3) is 0 Å². The molecule has 6 heteroatoms. The summed E-state index contributed by atoms with van der Waals surface area (Å²) in [6.07, 6.45) is 4.29. The molecule has 6 rings (SSSR count). The van der Waals surface area contributed by atoms with Crippen molar-refractivity contribution in [2.24, 2.45) is 11.8 Å². The smallest absolute Gasteiger partial charge is 0.302 e. The van der Waals surface area contributed by atoms with Crippen LogP contribution in [0.5, 0.6) is 0 Å². The van der Waals surface area contributed by atoms with Gasteiger partial charge in [-0.2, -0.15) is 0 Å². The van der Waals surface area contributed by atoms with Crippen LogP contribution in [0.3, 0.4) is 0 Å². The number of nitrogens with one attached hydrogen (secondary N) is 1. The Labute approximate surface area is 158 Å². The van der Waals surface area contributed by atoms with Crippen LogP contribution in [0.4, 0.5) is 0 Å². The monoisotopic (exact) mass is 367 g/mol. The van der Waals surface area contributed by atoms with E-state index in [0.717, 1.165) is 28.6 Å². The van der Waals surface area contributed by atoms with Crippen LogP contribution in [-0.2, 0) is 22.7 Å². The highest BCUT2D eigenvalue weighted by Gasteiger charge is 2.42. The lowest BCUT2D eigenvalue weighted by Gasteiger charge is -2.47. The molecule has 5 heterocycles. The third-order valence-electron chi connectivity index (χ3n) is 6.60. The van der Waals surface area contributed by atoms with E-state index in [4.69, 9.17) is 4.74 Å². The van der Waals surface area contributed by atoms with Crippen molar-refractivity contribution in [1.82, 2.24) is 14.8 Å². The summed E-state index contributed by atoms with van der Waals surface area (Å²) in [5, 5.41) is 4.56. The summed E-state index contributed by atoms with van der Waals surface area (Å²) in [5.41, 5.74) is 3.02. The van der Waals surface area contributed by atoms with Crippen molar-refractivity contribution in [1.29, 1.82) is 0 Å². The first-order chi connectivity index (χ1) is 13.1. The van der Waals surface area contributed by atoms with Crippen molar-refractivity contribution < 1.29 is 14.3 Å². The predicted molar refractivity (Wildman–Crippen MR) is 101 cm³/mol. The summed E-state index contributed by atoms with van der Waals surface area (Å²) in [5.74, 6) is 0.874. The fourth-order valence-electron chi connectivity index (χ4n) is 5.20. The van der Waals surface area contributed by atoms with Gasteiger partial charge in [0.1, 0.15) is 6.61 Å². The second-order valence-corrected chi connectivity index (χ2v) is 8.11. The molecule has 2 atom stereocenters. The maximum atomic E-state index is 13.4.